The smallest absolute Gasteiger partial charge is 0.310 e. The third kappa shape index (κ3) is 4.43. The summed E-state index contributed by atoms with van der Waals surface area (Å²) in [5.41, 5.74) is 1.68. The van der Waals surface area contributed by atoms with Gasteiger partial charge in [0.25, 0.3) is 5.91 Å². The number of benzene rings is 2. The molecule has 6 nitrogen and oxygen atoms in total. The highest BCUT2D eigenvalue weighted by molar-refractivity contribution is 6.01. The number of esters is 1. The molecule has 2 bridgehead atoms. The molecule has 2 saturated carbocycles. The minimum atomic E-state index is -0.492. The van der Waals surface area contributed by atoms with Gasteiger partial charge in [-0.05, 0) is 62.3 Å². The summed E-state index contributed by atoms with van der Waals surface area (Å²) >= 11 is 0. The van der Waals surface area contributed by atoms with E-state index in [-0.39, 0.29) is 29.3 Å². The summed E-state index contributed by atoms with van der Waals surface area (Å²) in [6.45, 7) is 1.06. The first-order chi connectivity index (χ1) is 14.9. The second-order valence-electron chi connectivity index (χ2n) is 8.40. The molecule has 2 aromatic rings. The van der Waals surface area contributed by atoms with Crippen molar-refractivity contribution in [3.05, 3.63) is 65.7 Å². The number of carbonyl (C=O) groups excluding carboxylic acids is 4. The minimum Gasteiger partial charge on any atom is -0.455 e. The summed E-state index contributed by atoms with van der Waals surface area (Å²) in [5.74, 6) is -1.53. The quantitative estimate of drug-likeness (QED) is 0.543. The number of nitrogens with one attached hydrogen (secondary N) is 1. The monoisotopic (exact) mass is 419 g/mol. The Morgan fingerprint density at radius 1 is 0.871 bits per heavy atom. The van der Waals surface area contributed by atoms with Gasteiger partial charge in [-0.15, -0.1) is 0 Å². The lowest BCUT2D eigenvalue weighted by Gasteiger charge is -2.28. The van der Waals surface area contributed by atoms with Crippen LogP contribution in [0.4, 0.5) is 5.69 Å². The van der Waals surface area contributed by atoms with Gasteiger partial charge in [-0.1, -0.05) is 30.3 Å². The summed E-state index contributed by atoms with van der Waals surface area (Å²) in [6, 6.07) is 15.6. The maximum Gasteiger partial charge on any atom is 0.310 e. The summed E-state index contributed by atoms with van der Waals surface area (Å²) in [6.07, 6.45) is 2.73. The number of hydrogen-bond acceptors (Lipinski definition) is 5. The molecule has 0 aromatic heterocycles. The van der Waals surface area contributed by atoms with Crippen LogP contribution < -0.4 is 5.32 Å². The van der Waals surface area contributed by atoms with E-state index in [9.17, 15) is 19.2 Å². The largest absolute Gasteiger partial charge is 0.455 e. The Balaban J connectivity index is 1.37. The zero-order valence-electron chi connectivity index (χ0n) is 17.4. The van der Waals surface area contributed by atoms with Crippen molar-refractivity contribution in [2.45, 2.75) is 26.2 Å². The van der Waals surface area contributed by atoms with Crippen LogP contribution >= 0.6 is 0 Å². The van der Waals surface area contributed by atoms with Gasteiger partial charge < -0.3 is 10.1 Å². The van der Waals surface area contributed by atoms with E-state index in [1.165, 1.54) is 6.92 Å². The lowest BCUT2D eigenvalue weighted by molar-refractivity contribution is -0.154. The molecule has 2 aliphatic rings. The van der Waals surface area contributed by atoms with Crippen molar-refractivity contribution in [3.63, 3.8) is 0 Å². The number of anilines is 1. The fourth-order valence-electron chi connectivity index (χ4n) is 5.02. The highest BCUT2D eigenvalue weighted by Crippen LogP contribution is 2.53. The molecule has 31 heavy (non-hydrogen) atoms. The van der Waals surface area contributed by atoms with Crippen LogP contribution in [-0.4, -0.2) is 30.0 Å². The van der Waals surface area contributed by atoms with Gasteiger partial charge in [-0.2, -0.15) is 0 Å². The Morgan fingerprint density at radius 3 is 2.16 bits per heavy atom. The predicted molar refractivity (Wildman–Crippen MR) is 115 cm³/mol. The summed E-state index contributed by atoms with van der Waals surface area (Å²) in [7, 11) is 0. The number of Topliss-reactive ketones (excluding diaryl/α,β-unsaturated/α-hetero) is 2. The molecule has 4 atom stereocenters. The summed E-state index contributed by atoms with van der Waals surface area (Å²) < 4.78 is 5.33. The highest BCUT2D eigenvalue weighted by atomic mass is 16.5. The SMILES string of the molecule is CC(=O)c1ccc(NC(=O)COC(=O)[C@@H]2[C@H]3CC[C@@H](C3)[C@H]2C(=O)c2ccccc2)cc1. The molecular formula is C25H25NO5. The molecule has 0 radical (unpaired) electrons. The van der Waals surface area contributed by atoms with Gasteiger partial charge in [0.05, 0.1) is 5.92 Å². The molecule has 1 amide bonds. The maximum absolute atomic E-state index is 13.1. The van der Waals surface area contributed by atoms with Crippen LogP contribution in [0.5, 0.6) is 0 Å². The normalized spacial score (nSPS) is 23.9. The fraction of sp³-hybridized carbons (Fsp3) is 0.360. The number of hydrogen-bond donors (Lipinski definition) is 1. The van der Waals surface area contributed by atoms with E-state index < -0.39 is 24.4 Å². The molecule has 6 heteroatoms. The second-order valence-corrected chi connectivity index (χ2v) is 8.40. The van der Waals surface area contributed by atoms with E-state index in [2.05, 4.69) is 5.32 Å². The second kappa shape index (κ2) is 8.84. The molecule has 1 N–H and O–H groups in total. The Hall–Kier alpha value is -3.28. The molecule has 4 rings (SSSR count). The van der Waals surface area contributed by atoms with Crippen LogP contribution in [0.25, 0.3) is 0 Å². The Labute approximate surface area is 181 Å². The van der Waals surface area contributed by atoms with Gasteiger partial charge in [0.15, 0.2) is 18.2 Å². The number of fused-ring (bicyclic) bond motifs is 2. The Kier molecular flexibility index (Phi) is 5.98. The number of carbonyl (C=O) groups is 4. The first-order valence-electron chi connectivity index (χ1n) is 10.6. The molecule has 160 valence electrons. The lowest BCUT2D eigenvalue weighted by Crippen LogP contribution is -2.37. The maximum atomic E-state index is 13.1. The molecule has 0 unspecified atom stereocenters. The van der Waals surface area contributed by atoms with E-state index in [4.69, 9.17) is 4.74 Å². The van der Waals surface area contributed by atoms with E-state index in [0.29, 0.717) is 16.8 Å². The van der Waals surface area contributed by atoms with Crippen LogP contribution in [-0.2, 0) is 14.3 Å². The number of amides is 1. The van der Waals surface area contributed by atoms with Crippen molar-refractivity contribution in [1.29, 1.82) is 0 Å². The average molecular weight is 419 g/mol. The van der Waals surface area contributed by atoms with Crippen molar-refractivity contribution in [2.75, 3.05) is 11.9 Å². The van der Waals surface area contributed by atoms with Gasteiger partial charge in [-0.3, -0.25) is 19.2 Å². The van der Waals surface area contributed by atoms with Crippen molar-refractivity contribution in [2.24, 2.45) is 23.7 Å². The number of ketones is 2. The zero-order valence-corrected chi connectivity index (χ0v) is 17.4. The molecule has 2 fully saturated rings. The Bertz CT molecular complexity index is 998. The van der Waals surface area contributed by atoms with E-state index in [1.54, 1.807) is 36.4 Å². The molecule has 2 aliphatic carbocycles. The highest BCUT2D eigenvalue weighted by Gasteiger charge is 2.54. The lowest BCUT2D eigenvalue weighted by atomic mass is 9.75. The first-order valence-corrected chi connectivity index (χ1v) is 10.6. The zero-order chi connectivity index (χ0) is 22.0. The third-order valence-corrected chi connectivity index (χ3v) is 6.47. The average Bonchev–Trinajstić information content (AvgIpc) is 3.40. The number of ether oxygens (including phenoxy) is 1. The van der Waals surface area contributed by atoms with E-state index in [0.717, 1.165) is 19.3 Å². The van der Waals surface area contributed by atoms with Gasteiger partial charge in [0.2, 0.25) is 0 Å². The number of rotatable bonds is 7. The minimum absolute atomic E-state index is 0.00948. The van der Waals surface area contributed by atoms with Crippen molar-refractivity contribution >= 4 is 29.1 Å². The molecule has 0 spiro atoms. The van der Waals surface area contributed by atoms with E-state index in [1.807, 2.05) is 18.2 Å². The molecular weight excluding hydrogens is 394 g/mol. The summed E-state index contributed by atoms with van der Waals surface area (Å²) in [4.78, 5) is 49.5. The van der Waals surface area contributed by atoms with Gasteiger partial charge >= 0.3 is 5.97 Å². The van der Waals surface area contributed by atoms with Crippen molar-refractivity contribution < 1.29 is 23.9 Å². The van der Waals surface area contributed by atoms with Gasteiger partial charge in [-0.25, -0.2) is 0 Å². The van der Waals surface area contributed by atoms with Crippen LogP contribution in [0.1, 0.15) is 46.9 Å². The van der Waals surface area contributed by atoms with Gasteiger partial charge in [0.1, 0.15) is 0 Å². The summed E-state index contributed by atoms with van der Waals surface area (Å²) in [5, 5.41) is 2.65. The molecule has 0 saturated heterocycles. The van der Waals surface area contributed by atoms with Crippen LogP contribution in [0.3, 0.4) is 0 Å². The fourth-order valence-corrected chi connectivity index (χ4v) is 5.02. The first kappa shape index (κ1) is 21.0. The molecule has 2 aromatic carbocycles. The molecule has 0 heterocycles. The van der Waals surface area contributed by atoms with Crippen LogP contribution in [0.2, 0.25) is 0 Å². The van der Waals surface area contributed by atoms with Crippen molar-refractivity contribution in [3.8, 4) is 0 Å². The Morgan fingerprint density at radius 2 is 1.52 bits per heavy atom. The van der Waals surface area contributed by atoms with Crippen LogP contribution in [0, 0.1) is 23.7 Å². The predicted octanol–water partition coefficient (Wildman–Crippen LogP) is 3.92. The molecule has 0 aliphatic heterocycles. The van der Waals surface area contributed by atoms with Gasteiger partial charge in [0, 0.05) is 22.7 Å². The third-order valence-electron chi connectivity index (χ3n) is 6.47. The van der Waals surface area contributed by atoms with Crippen LogP contribution in [0.15, 0.2) is 54.6 Å². The van der Waals surface area contributed by atoms with Crippen molar-refractivity contribution in [1.82, 2.24) is 0 Å². The van der Waals surface area contributed by atoms with E-state index >= 15 is 0 Å². The topological polar surface area (TPSA) is 89.5 Å². The standard InChI is InChI=1S/C25H25NO5/c1-15(27)16-9-11-20(12-10-16)26-21(28)14-31-25(30)23-19-8-7-18(13-19)22(23)24(29)17-5-3-2-4-6-17/h2-6,9-12,18-19,22-23H,7-8,13-14H2,1H3,(H,26,28)/t18-,19-,22+,23+/m0/s1.